The molecule has 0 spiro atoms. The minimum atomic E-state index is -0.505. The summed E-state index contributed by atoms with van der Waals surface area (Å²) in [6, 6.07) is 18.8. The summed E-state index contributed by atoms with van der Waals surface area (Å²) >= 11 is 0. The second-order valence-corrected chi connectivity index (χ2v) is 8.83. The van der Waals surface area contributed by atoms with E-state index >= 15 is 0 Å². The lowest BCUT2D eigenvalue weighted by atomic mass is 9.76. The Balaban J connectivity index is 1.32. The van der Waals surface area contributed by atoms with Crippen molar-refractivity contribution in [1.29, 1.82) is 0 Å². The fourth-order valence-electron chi connectivity index (χ4n) is 6.11. The molecule has 32 heavy (non-hydrogen) atoms. The number of aromatic nitrogens is 2. The van der Waals surface area contributed by atoms with Crippen LogP contribution < -0.4 is 0 Å². The predicted octanol–water partition coefficient (Wildman–Crippen LogP) is 3.83. The molecule has 2 fully saturated rings. The highest BCUT2D eigenvalue weighted by Crippen LogP contribution is 2.62. The number of ether oxygens (including phenoxy) is 2. The van der Waals surface area contributed by atoms with Crippen LogP contribution in [0.15, 0.2) is 73.1 Å². The van der Waals surface area contributed by atoms with Crippen molar-refractivity contribution in [3.63, 3.8) is 0 Å². The van der Waals surface area contributed by atoms with E-state index < -0.39 is 24.1 Å². The molecule has 3 aliphatic carbocycles. The molecule has 0 radical (unpaired) electrons. The lowest BCUT2D eigenvalue weighted by molar-refractivity contribution is -0.0702. The quantitative estimate of drug-likeness (QED) is 0.590. The van der Waals surface area contributed by atoms with Crippen molar-refractivity contribution in [3.8, 4) is 0 Å². The normalized spacial score (nSPS) is 29.2. The molecule has 2 bridgehead atoms. The Hall–Kier alpha value is -3.54. The lowest BCUT2D eigenvalue weighted by Gasteiger charge is -2.37. The number of carbonyl (C=O) groups is 2. The average molecular weight is 426 g/mol. The molecule has 3 aromatic rings. The van der Waals surface area contributed by atoms with E-state index in [2.05, 4.69) is 34.2 Å². The fraction of sp³-hybridized carbons (Fsp3) is 0.308. The number of esters is 2. The van der Waals surface area contributed by atoms with Crippen molar-refractivity contribution in [1.82, 2.24) is 9.97 Å². The van der Waals surface area contributed by atoms with Crippen LogP contribution in [0.3, 0.4) is 0 Å². The van der Waals surface area contributed by atoms with E-state index in [0.717, 1.165) is 12.8 Å². The summed E-state index contributed by atoms with van der Waals surface area (Å²) in [5.74, 6) is 0.0136. The van der Waals surface area contributed by atoms with Gasteiger partial charge in [-0.05, 0) is 60.1 Å². The first kappa shape index (κ1) is 19.2. The minimum absolute atomic E-state index is 0.114. The molecule has 160 valence electrons. The van der Waals surface area contributed by atoms with Gasteiger partial charge in [-0.2, -0.15) is 0 Å². The van der Waals surface area contributed by atoms with Crippen LogP contribution in [0, 0.1) is 17.8 Å². The first-order valence-corrected chi connectivity index (χ1v) is 11.0. The monoisotopic (exact) mass is 426 g/mol. The van der Waals surface area contributed by atoms with Crippen molar-refractivity contribution < 1.29 is 19.1 Å². The smallest absolute Gasteiger partial charge is 0.357 e. The van der Waals surface area contributed by atoms with Crippen molar-refractivity contribution in [2.75, 3.05) is 0 Å². The van der Waals surface area contributed by atoms with Crippen LogP contribution in [0.4, 0.5) is 0 Å². The highest BCUT2D eigenvalue weighted by atomic mass is 16.6. The topological polar surface area (TPSA) is 78.4 Å². The van der Waals surface area contributed by atoms with Gasteiger partial charge in [-0.3, -0.25) is 0 Å². The van der Waals surface area contributed by atoms with Gasteiger partial charge in [-0.15, -0.1) is 0 Å². The van der Waals surface area contributed by atoms with Crippen LogP contribution in [-0.2, 0) is 15.9 Å². The molecule has 0 N–H and O–H groups in total. The van der Waals surface area contributed by atoms with Crippen LogP contribution >= 0.6 is 0 Å². The van der Waals surface area contributed by atoms with Crippen molar-refractivity contribution in [3.05, 3.63) is 95.6 Å². The molecule has 0 amide bonds. The Morgan fingerprint density at radius 1 is 0.719 bits per heavy atom. The third-order valence-corrected chi connectivity index (χ3v) is 7.29. The van der Waals surface area contributed by atoms with Gasteiger partial charge >= 0.3 is 11.9 Å². The number of carbonyl (C=O) groups excluding carboxylic acids is 2. The summed E-state index contributed by atoms with van der Waals surface area (Å²) < 4.78 is 12.0. The maximum atomic E-state index is 12.9. The number of hydrogen-bond acceptors (Lipinski definition) is 6. The Kier molecular flexibility index (Phi) is 4.52. The Morgan fingerprint density at radius 3 is 1.94 bits per heavy atom. The first-order valence-electron chi connectivity index (χ1n) is 11.0. The minimum Gasteiger partial charge on any atom is -0.453 e. The Bertz CT molecular complexity index is 1170. The zero-order chi connectivity index (χ0) is 21.7. The number of nitrogens with zero attached hydrogens (tertiary/aromatic N) is 2. The number of pyridine rings is 2. The average Bonchev–Trinajstić information content (AvgIpc) is 3.50. The van der Waals surface area contributed by atoms with E-state index in [0.29, 0.717) is 11.8 Å². The number of benzene rings is 1. The summed E-state index contributed by atoms with van der Waals surface area (Å²) in [6.07, 6.45) is 4.00. The molecule has 2 aromatic heterocycles. The molecule has 6 unspecified atom stereocenters. The third kappa shape index (κ3) is 3.01. The second-order valence-electron chi connectivity index (χ2n) is 8.83. The Morgan fingerprint density at radius 2 is 1.31 bits per heavy atom. The van der Waals surface area contributed by atoms with Crippen LogP contribution in [-0.4, -0.2) is 34.1 Å². The van der Waals surface area contributed by atoms with Gasteiger partial charge in [-0.25, -0.2) is 19.6 Å². The zero-order valence-corrected chi connectivity index (χ0v) is 17.3. The van der Waals surface area contributed by atoms with Crippen LogP contribution in [0.5, 0.6) is 0 Å². The first-order chi connectivity index (χ1) is 15.7. The van der Waals surface area contributed by atoms with Gasteiger partial charge in [0.1, 0.15) is 23.6 Å². The summed E-state index contributed by atoms with van der Waals surface area (Å²) in [5.41, 5.74) is 3.21. The van der Waals surface area contributed by atoms with Gasteiger partial charge in [0.15, 0.2) is 0 Å². The van der Waals surface area contributed by atoms with Crippen molar-refractivity contribution >= 4 is 11.9 Å². The highest BCUT2D eigenvalue weighted by Gasteiger charge is 2.63. The summed E-state index contributed by atoms with van der Waals surface area (Å²) in [6.45, 7) is 0. The number of fused-ring (bicyclic) bond motifs is 7. The molecular weight excluding hydrogens is 404 g/mol. The summed E-state index contributed by atoms with van der Waals surface area (Å²) in [4.78, 5) is 34.0. The molecule has 6 rings (SSSR count). The maximum absolute atomic E-state index is 12.9. The van der Waals surface area contributed by atoms with Crippen LogP contribution in [0.1, 0.15) is 44.4 Å². The molecule has 3 aliphatic rings. The van der Waals surface area contributed by atoms with Gasteiger partial charge in [0.25, 0.3) is 0 Å². The fourth-order valence-corrected chi connectivity index (χ4v) is 6.11. The number of rotatable bonds is 4. The molecular formula is C26H22N2O4. The molecule has 1 aromatic carbocycles. The molecule has 6 heteroatoms. The second kappa shape index (κ2) is 7.55. The number of hydrogen-bond donors (Lipinski definition) is 0. The third-order valence-electron chi connectivity index (χ3n) is 7.29. The molecule has 6 nitrogen and oxygen atoms in total. The molecule has 2 heterocycles. The molecule has 6 atom stereocenters. The van der Waals surface area contributed by atoms with Crippen molar-refractivity contribution in [2.45, 2.75) is 31.0 Å². The zero-order valence-electron chi connectivity index (χ0n) is 17.3. The molecule has 0 saturated heterocycles. The Labute approximate surface area is 185 Å². The SMILES string of the molecule is O=C(OC1C2CC(C1OC(=O)c1ccccn1)C1c3ccccc3CC21)c1ccccn1. The molecule has 0 aliphatic heterocycles. The summed E-state index contributed by atoms with van der Waals surface area (Å²) in [5, 5.41) is 0. The predicted molar refractivity (Wildman–Crippen MR) is 115 cm³/mol. The summed E-state index contributed by atoms with van der Waals surface area (Å²) in [7, 11) is 0. The van der Waals surface area contributed by atoms with Crippen LogP contribution in [0.25, 0.3) is 0 Å². The van der Waals surface area contributed by atoms with E-state index in [1.165, 1.54) is 11.1 Å². The van der Waals surface area contributed by atoms with Gasteiger partial charge in [0.05, 0.1) is 0 Å². The van der Waals surface area contributed by atoms with E-state index in [9.17, 15) is 9.59 Å². The van der Waals surface area contributed by atoms with E-state index in [-0.39, 0.29) is 23.2 Å². The van der Waals surface area contributed by atoms with Crippen LogP contribution in [0.2, 0.25) is 0 Å². The van der Waals surface area contributed by atoms with Gasteiger partial charge in [0.2, 0.25) is 0 Å². The van der Waals surface area contributed by atoms with Crippen molar-refractivity contribution in [2.24, 2.45) is 17.8 Å². The van der Waals surface area contributed by atoms with E-state index in [1.54, 1.807) is 48.8 Å². The standard InChI is InChI=1S/C26H22N2O4/c29-25(20-9-3-5-11-27-20)31-23-18-14-19(22-16-8-2-1-7-15(16)13-17(18)22)24(23)32-26(30)21-10-4-6-12-28-21/h1-12,17-19,22-24H,13-14H2. The molecule has 2 saturated carbocycles. The largest absolute Gasteiger partial charge is 0.453 e. The maximum Gasteiger partial charge on any atom is 0.357 e. The van der Waals surface area contributed by atoms with E-state index in [1.807, 2.05) is 0 Å². The van der Waals surface area contributed by atoms with Gasteiger partial charge in [0, 0.05) is 24.2 Å². The van der Waals surface area contributed by atoms with Gasteiger partial charge < -0.3 is 9.47 Å². The van der Waals surface area contributed by atoms with E-state index in [4.69, 9.17) is 9.47 Å². The highest BCUT2D eigenvalue weighted by molar-refractivity contribution is 5.88. The lowest BCUT2D eigenvalue weighted by Crippen LogP contribution is -2.45. The van der Waals surface area contributed by atoms with Gasteiger partial charge in [-0.1, -0.05) is 36.4 Å².